The van der Waals surface area contributed by atoms with Crippen LogP contribution in [-0.2, 0) is 27.9 Å². The Bertz CT molecular complexity index is 2740. The molecule has 2 aromatic heterocycles. The summed E-state index contributed by atoms with van der Waals surface area (Å²) in [7, 11) is -1.37. The Morgan fingerprint density at radius 3 is 1.17 bits per heavy atom. The summed E-state index contributed by atoms with van der Waals surface area (Å²) < 4.78 is 48.4. The number of hydrogen-bond acceptors (Lipinski definition) is 8. The van der Waals surface area contributed by atoms with Crippen LogP contribution >= 0.6 is 11.6 Å². The van der Waals surface area contributed by atoms with E-state index in [1.165, 1.54) is 32.3 Å². The first-order valence-electron chi connectivity index (χ1n) is 20.1. The van der Waals surface area contributed by atoms with Crippen LogP contribution in [-0.4, -0.2) is 54.7 Å². The molecule has 3 aliphatic rings. The maximum atomic E-state index is 6.24. The molecule has 0 aliphatic carbocycles. The van der Waals surface area contributed by atoms with Gasteiger partial charge in [-0.3, -0.25) is 0 Å². The third-order valence-electron chi connectivity index (χ3n) is 13.6. The molecule has 11 rings (SSSR count). The Morgan fingerprint density at radius 2 is 0.724 bits per heavy atom. The van der Waals surface area contributed by atoms with E-state index in [0.717, 1.165) is 38.6 Å². The van der Waals surface area contributed by atoms with Crippen LogP contribution < -0.4 is 5.46 Å². The highest BCUT2D eigenvalue weighted by molar-refractivity contribution is 7.11. The van der Waals surface area contributed by atoms with Crippen molar-refractivity contribution in [3.8, 4) is 0 Å². The lowest BCUT2D eigenvalue weighted by Crippen LogP contribution is -2.41. The van der Waals surface area contributed by atoms with E-state index in [2.05, 4.69) is 76.2 Å². The smallest absolute Gasteiger partial charge is 0.456 e. The predicted molar refractivity (Wildman–Crippen MR) is 238 cm³/mol. The Hall–Kier alpha value is -3.80. The van der Waals surface area contributed by atoms with Crippen LogP contribution in [0, 0.1) is 0 Å². The van der Waals surface area contributed by atoms with E-state index in [4.69, 9.17) is 48.4 Å². The standard InChI is InChI=1S/C20H19BO3.C14H7ClO.C12H24B2O4/c1-19(2)20(3,4)24-21(23-19)14-11-10-13-9-8-12-6-5-7-15-16(12)17(13)18(14)22-15;15-10-7-6-9-5-4-8-2-1-3-11-12(8)13(9)14(10)16-11;1-9(2)10(3,4)16-13(15-9)14-17-11(5,6)12(7,8)18-14/h5-11H,1-4H3;1-7H;1-8H3. The van der Waals surface area contributed by atoms with Gasteiger partial charge < -0.3 is 36.8 Å². The number of furan rings is 2. The molecule has 0 atom stereocenters. The van der Waals surface area contributed by atoms with Crippen LogP contribution in [0.2, 0.25) is 5.02 Å². The second kappa shape index (κ2) is 13.1. The van der Waals surface area contributed by atoms with Crippen LogP contribution in [0.15, 0.2) is 93.8 Å². The van der Waals surface area contributed by atoms with Gasteiger partial charge in [0.05, 0.1) is 38.6 Å². The van der Waals surface area contributed by atoms with E-state index >= 15 is 0 Å². The van der Waals surface area contributed by atoms with Gasteiger partial charge in [-0.1, -0.05) is 78.3 Å². The third-order valence-corrected chi connectivity index (χ3v) is 13.9. The van der Waals surface area contributed by atoms with Crippen LogP contribution in [0.25, 0.3) is 65.4 Å². The lowest BCUT2D eigenvalue weighted by molar-refractivity contribution is 0.00578. The molecule has 3 fully saturated rings. The number of rotatable bonds is 2. The highest BCUT2D eigenvalue weighted by atomic mass is 35.5. The topological polar surface area (TPSA) is 81.7 Å². The molecule has 0 radical (unpaired) electrons. The van der Waals surface area contributed by atoms with Crippen LogP contribution in [0.1, 0.15) is 83.1 Å². The van der Waals surface area contributed by atoms with Gasteiger partial charge in [-0.05, 0) is 123 Å². The van der Waals surface area contributed by atoms with Crippen molar-refractivity contribution in [1.29, 1.82) is 0 Å². The number of hydrogen-bond donors (Lipinski definition) is 0. The van der Waals surface area contributed by atoms with Crippen molar-refractivity contribution >= 4 is 104 Å². The molecule has 6 aromatic carbocycles. The van der Waals surface area contributed by atoms with Gasteiger partial charge in [-0.15, -0.1) is 0 Å². The highest BCUT2D eigenvalue weighted by Crippen LogP contribution is 2.44. The molecule has 0 bridgehead atoms. The summed E-state index contributed by atoms with van der Waals surface area (Å²) >= 11 is 6.16. The predicted octanol–water partition coefficient (Wildman–Crippen LogP) is 11.6. The van der Waals surface area contributed by atoms with Crippen molar-refractivity contribution in [2.75, 3.05) is 0 Å². The van der Waals surface area contributed by atoms with Crippen molar-refractivity contribution in [2.24, 2.45) is 0 Å². The minimum absolute atomic E-state index is 0.360. The van der Waals surface area contributed by atoms with Gasteiger partial charge >= 0.3 is 21.1 Å². The summed E-state index contributed by atoms with van der Waals surface area (Å²) in [5, 5.41) is 10.1. The fraction of sp³-hybridized carbons (Fsp3) is 0.391. The number of halogens is 1. The molecule has 0 saturated carbocycles. The van der Waals surface area contributed by atoms with Gasteiger partial charge in [0.15, 0.2) is 5.58 Å². The second-order valence-corrected chi connectivity index (χ2v) is 19.3. The van der Waals surface area contributed by atoms with E-state index < -0.39 is 21.1 Å². The molecule has 298 valence electrons. The molecule has 58 heavy (non-hydrogen) atoms. The average molecular weight is 799 g/mol. The molecule has 3 aliphatic heterocycles. The summed E-state index contributed by atoms with van der Waals surface area (Å²) in [5.74, 6) is 0. The molecule has 0 N–H and O–H groups in total. The minimum Gasteiger partial charge on any atom is -0.456 e. The van der Waals surface area contributed by atoms with Crippen molar-refractivity contribution in [3.05, 3.63) is 90.0 Å². The van der Waals surface area contributed by atoms with Crippen molar-refractivity contribution in [3.63, 3.8) is 0 Å². The Morgan fingerprint density at radius 1 is 0.379 bits per heavy atom. The van der Waals surface area contributed by atoms with Crippen molar-refractivity contribution < 1.29 is 36.8 Å². The van der Waals surface area contributed by atoms with Crippen LogP contribution in [0.3, 0.4) is 0 Å². The van der Waals surface area contributed by atoms with Gasteiger partial charge in [-0.25, -0.2) is 0 Å². The van der Waals surface area contributed by atoms with Crippen LogP contribution in [0.5, 0.6) is 0 Å². The van der Waals surface area contributed by atoms with Crippen molar-refractivity contribution in [1.82, 2.24) is 0 Å². The first-order valence-corrected chi connectivity index (χ1v) is 20.5. The van der Waals surface area contributed by atoms with Crippen LogP contribution in [0.4, 0.5) is 0 Å². The molecule has 8 aromatic rings. The molecular weight excluding hydrogens is 748 g/mol. The summed E-state index contributed by atoms with van der Waals surface area (Å²) in [6.07, 6.45) is 0. The summed E-state index contributed by atoms with van der Waals surface area (Å²) in [6, 6.07) is 28.9. The molecule has 5 heterocycles. The SMILES string of the molecule is CC1(C)OB(B2OC(C)(C)C(C)(C)O2)OC1(C)C.CC1(C)OB(c2ccc3ccc4cccc5oc2c3c45)OC1(C)C.Clc1ccc2ccc3cccc4oc1c2c34. The molecule has 0 amide bonds. The molecule has 3 saturated heterocycles. The normalized spacial score (nSPS) is 21.5. The Balaban J connectivity index is 0.000000116. The Labute approximate surface area is 345 Å². The zero-order valence-electron chi connectivity index (χ0n) is 35.5. The van der Waals surface area contributed by atoms with Crippen molar-refractivity contribution in [2.45, 2.75) is 117 Å². The molecule has 0 spiro atoms. The van der Waals surface area contributed by atoms with E-state index in [9.17, 15) is 0 Å². The second-order valence-electron chi connectivity index (χ2n) is 18.9. The zero-order valence-corrected chi connectivity index (χ0v) is 36.2. The molecular formula is C46H50B3ClO8. The van der Waals surface area contributed by atoms with E-state index in [1.807, 2.05) is 91.8 Å². The molecule has 8 nitrogen and oxygen atoms in total. The molecule has 12 heteroatoms. The van der Waals surface area contributed by atoms with Gasteiger partial charge in [0.25, 0.3) is 0 Å². The quantitative estimate of drug-likeness (QED) is 0.126. The fourth-order valence-corrected chi connectivity index (χ4v) is 8.20. The highest BCUT2D eigenvalue weighted by Gasteiger charge is 2.63. The van der Waals surface area contributed by atoms with Gasteiger partial charge in [0.1, 0.15) is 16.7 Å². The first kappa shape index (κ1) is 39.7. The first-order chi connectivity index (χ1) is 27.1. The fourth-order valence-electron chi connectivity index (χ4n) is 8.00. The van der Waals surface area contributed by atoms with E-state index in [-0.39, 0.29) is 33.6 Å². The lowest BCUT2D eigenvalue weighted by Gasteiger charge is -2.32. The summed E-state index contributed by atoms with van der Waals surface area (Å²) in [4.78, 5) is 0. The number of benzene rings is 6. The minimum atomic E-state index is -0.476. The maximum absolute atomic E-state index is 6.24. The monoisotopic (exact) mass is 798 g/mol. The Kier molecular flexibility index (Phi) is 8.96. The maximum Gasteiger partial charge on any atom is 0.498 e. The van der Waals surface area contributed by atoms with Gasteiger partial charge in [-0.2, -0.15) is 0 Å². The van der Waals surface area contributed by atoms with E-state index in [1.54, 1.807) is 0 Å². The summed E-state index contributed by atoms with van der Waals surface area (Å²) in [6.45, 7) is 24.5. The third kappa shape index (κ3) is 6.15. The average Bonchev–Trinajstić information content (AvgIpc) is 3.89. The van der Waals surface area contributed by atoms with Gasteiger partial charge in [0, 0.05) is 27.0 Å². The largest absolute Gasteiger partial charge is 0.498 e. The van der Waals surface area contributed by atoms with E-state index in [0.29, 0.717) is 5.02 Å². The lowest BCUT2D eigenvalue weighted by atomic mass is 9.49. The zero-order chi connectivity index (χ0) is 41.4. The summed E-state index contributed by atoms with van der Waals surface area (Å²) in [5.41, 5.74) is 2.29. The van der Waals surface area contributed by atoms with Gasteiger partial charge in [0.2, 0.25) is 0 Å². The molecule has 0 unspecified atom stereocenters.